The van der Waals surface area contributed by atoms with Crippen LogP contribution < -0.4 is 9.46 Å². The molecule has 1 heterocycles. The summed E-state index contributed by atoms with van der Waals surface area (Å²) in [6, 6.07) is 6.64. The molecule has 0 saturated carbocycles. The zero-order valence-electron chi connectivity index (χ0n) is 11.5. The maximum Gasteiger partial charge on any atom is 0.262 e. The lowest BCUT2D eigenvalue weighted by Crippen LogP contribution is -2.14. The highest BCUT2D eigenvalue weighted by atomic mass is 32.2. The molecule has 0 spiro atoms. The van der Waals surface area contributed by atoms with Gasteiger partial charge < -0.3 is 4.74 Å². The van der Waals surface area contributed by atoms with E-state index in [-0.39, 0.29) is 4.90 Å². The fourth-order valence-electron chi connectivity index (χ4n) is 1.91. The van der Waals surface area contributed by atoms with E-state index < -0.39 is 10.0 Å². The minimum Gasteiger partial charge on any atom is -0.496 e. The van der Waals surface area contributed by atoms with Crippen LogP contribution in [0.25, 0.3) is 0 Å². The van der Waals surface area contributed by atoms with E-state index in [4.69, 9.17) is 4.74 Å². The minimum absolute atomic E-state index is 0.236. The smallest absolute Gasteiger partial charge is 0.262 e. The van der Waals surface area contributed by atoms with Crippen molar-refractivity contribution >= 4 is 15.7 Å². The Labute approximate surface area is 118 Å². The summed E-state index contributed by atoms with van der Waals surface area (Å²) in [7, 11) is -2.08. The van der Waals surface area contributed by atoms with E-state index in [0.717, 1.165) is 5.56 Å². The molecule has 2 aromatic rings. The molecule has 0 atom stereocenters. The number of rotatable bonds is 4. The number of benzene rings is 1. The number of nitrogens with zero attached hydrogens (tertiary/aromatic N) is 1. The van der Waals surface area contributed by atoms with Gasteiger partial charge in [0.25, 0.3) is 10.0 Å². The van der Waals surface area contributed by atoms with Crippen LogP contribution in [0, 0.1) is 13.8 Å². The highest BCUT2D eigenvalue weighted by Crippen LogP contribution is 2.26. The van der Waals surface area contributed by atoms with Gasteiger partial charge in [-0.15, -0.1) is 0 Å². The summed E-state index contributed by atoms with van der Waals surface area (Å²) in [6.07, 6.45) is 3.05. The number of aromatic nitrogens is 1. The summed E-state index contributed by atoms with van der Waals surface area (Å²) in [5.74, 6) is 0.669. The van der Waals surface area contributed by atoms with Gasteiger partial charge in [0, 0.05) is 6.20 Å². The second kappa shape index (κ2) is 5.50. The first kappa shape index (κ1) is 14.3. The van der Waals surface area contributed by atoms with Crippen LogP contribution in [-0.4, -0.2) is 20.5 Å². The van der Waals surface area contributed by atoms with Gasteiger partial charge in [-0.2, -0.15) is 0 Å². The second-order valence-corrected chi connectivity index (χ2v) is 6.09. The molecule has 0 saturated heterocycles. The van der Waals surface area contributed by atoms with Gasteiger partial charge in [-0.1, -0.05) is 0 Å². The Morgan fingerprint density at radius 2 is 1.95 bits per heavy atom. The summed E-state index contributed by atoms with van der Waals surface area (Å²) < 4.78 is 32.5. The summed E-state index contributed by atoms with van der Waals surface area (Å²) in [4.78, 5) is 4.12. The van der Waals surface area contributed by atoms with Crippen LogP contribution in [0.15, 0.2) is 41.6 Å². The molecular weight excluding hydrogens is 276 g/mol. The van der Waals surface area contributed by atoms with Gasteiger partial charge in [0.1, 0.15) is 5.75 Å². The van der Waals surface area contributed by atoms with Crippen LogP contribution in [-0.2, 0) is 10.0 Å². The average molecular weight is 292 g/mol. The Morgan fingerprint density at radius 3 is 2.55 bits per heavy atom. The van der Waals surface area contributed by atoms with Crippen molar-refractivity contribution in [2.75, 3.05) is 11.8 Å². The fourth-order valence-corrected chi connectivity index (χ4v) is 3.26. The average Bonchev–Trinajstić information content (AvgIpc) is 2.41. The molecule has 0 aliphatic carbocycles. The monoisotopic (exact) mass is 292 g/mol. The van der Waals surface area contributed by atoms with E-state index in [1.165, 1.54) is 6.20 Å². The van der Waals surface area contributed by atoms with Crippen molar-refractivity contribution in [2.45, 2.75) is 18.7 Å². The van der Waals surface area contributed by atoms with Gasteiger partial charge in [0.15, 0.2) is 0 Å². The first-order chi connectivity index (χ1) is 9.44. The predicted octanol–water partition coefficient (Wildman–Crippen LogP) is 2.51. The SMILES string of the molecule is COc1cc(C)c(S(=O)(=O)Nc2cccnc2)cc1C. The Kier molecular flexibility index (Phi) is 3.94. The number of nitrogens with one attached hydrogen (secondary N) is 1. The number of hydrogen-bond acceptors (Lipinski definition) is 4. The molecule has 0 unspecified atom stereocenters. The lowest BCUT2D eigenvalue weighted by Gasteiger charge is -2.13. The number of hydrogen-bond donors (Lipinski definition) is 1. The lowest BCUT2D eigenvalue weighted by atomic mass is 10.1. The van der Waals surface area contributed by atoms with Gasteiger partial charge in [-0.3, -0.25) is 9.71 Å². The number of sulfonamides is 1. The van der Waals surface area contributed by atoms with Crippen LogP contribution in [0.2, 0.25) is 0 Å². The van der Waals surface area contributed by atoms with E-state index in [1.807, 2.05) is 0 Å². The molecule has 2 rings (SSSR count). The topological polar surface area (TPSA) is 68.3 Å². The molecular formula is C14H16N2O3S. The van der Waals surface area contributed by atoms with E-state index >= 15 is 0 Å². The van der Waals surface area contributed by atoms with Gasteiger partial charge in [-0.25, -0.2) is 8.42 Å². The third-order valence-electron chi connectivity index (χ3n) is 2.90. The largest absolute Gasteiger partial charge is 0.496 e. The van der Waals surface area contributed by atoms with Gasteiger partial charge in [0.05, 0.1) is 23.9 Å². The van der Waals surface area contributed by atoms with Crippen LogP contribution in [0.3, 0.4) is 0 Å². The number of pyridine rings is 1. The number of anilines is 1. The van der Waals surface area contributed by atoms with Crippen molar-refractivity contribution in [2.24, 2.45) is 0 Å². The van der Waals surface area contributed by atoms with Crippen LogP contribution >= 0.6 is 0 Å². The number of aryl methyl sites for hydroxylation is 2. The van der Waals surface area contributed by atoms with Crippen LogP contribution in [0.5, 0.6) is 5.75 Å². The predicted molar refractivity (Wildman–Crippen MR) is 77.5 cm³/mol. The molecule has 0 radical (unpaired) electrons. The first-order valence-electron chi connectivity index (χ1n) is 6.02. The summed E-state index contributed by atoms with van der Waals surface area (Å²) in [5.41, 5.74) is 1.83. The first-order valence-corrected chi connectivity index (χ1v) is 7.50. The highest BCUT2D eigenvalue weighted by Gasteiger charge is 2.18. The molecule has 1 N–H and O–H groups in total. The molecule has 0 aliphatic rings. The molecule has 20 heavy (non-hydrogen) atoms. The van der Waals surface area contributed by atoms with Gasteiger partial charge in [0.2, 0.25) is 0 Å². The normalized spacial score (nSPS) is 11.2. The summed E-state index contributed by atoms with van der Waals surface area (Å²) >= 11 is 0. The lowest BCUT2D eigenvalue weighted by molar-refractivity contribution is 0.411. The highest BCUT2D eigenvalue weighted by molar-refractivity contribution is 7.92. The summed E-state index contributed by atoms with van der Waals surface area (Å²) in [5, 5.41) is 0. The third-order valence-corrected chi connectivity index (χ3v) is 4.42. The van der Waals surface area contributed by atoms with Crippen molar-refractivity contribution in [3.63, 3.8) is 0 Å². The molecule has 0 fully saturated rings. The number of ether oxygens (including phenoxy) is 1. The third kappa shape index (κ3) is 2.91. The molecule has 0 aliphatic heterocycles. The fraction of sp³-hybridized carbons (Fsp3) is 0.214. The molecule has 5 nitrogen and oxygen atoms in total. The van der Waals surface area contributed by atoms with Crippen molar-refractivity contribution in [1.82, 2.24) is 4.98 Å². The van der Waals surface area contributed by atoms with Gasteiger partial charge >= 0.3 is 0 Å². The van der Waals surface area contributed by atoms with Crippen LogP contribution in [0.4, 0.5) is 5.69 Å². The van der Waals surface area contributed by atoms with Crippen molar-refractivity contribution < 1.29 is 13.2 Å². The van der Waals surface area contributed by atoms with Crippen molar-refractivity contribution in [3.8, 4) is 5.75 Å². The second-order valence-electron chi connectivity index (χ2n) is 4.43. The maximum absolute atomic E-state index is 12.4. The van der Waals surface area contributed by atoms with E-state index in [0.29, 0.717) is 17.0 Å². The Morgan fingerprint density at radius 1 is 1.20 bits per heavy atom. The molecule has 0 bridgehead atoms. The van der Waals surface area contributed by atoms with E-state index in [1.54, 1.807) is 51.4 Å². The Bertz CT molecular complexity index is 713. The van der Waals surface area contributed by atoms with E-state index in [2.05, 4.69) is 9.71 Å². The van der Waals surface area contributed by atoms with Crippen molar-refractivity contribution in [3.05, 3.63) is 47.8 Å². The molecule has 6 heteroatoms. The molecule has 106 valence electrons. The van der Waals surface area contributed by atoms with Gasteiger partial charge in [-0.05, 0) is 49.2 Å². The standard InChI is InChI=1S/C14H16N2O3S/c1-10-8-14(11(2)7-13(10)19-3)20(17,18)16-12-5-4-6-15-9-12/h4-9,16H,1-3H3. The Hall–Kier alpha value is -2.08. The van der Waals surface area contributed by atoms with Crippen molar-refractivity contribution in [1.29, 1.82) is 0 Å². The summed E-state index contributed by atoms with van der Waals surface area (Å²) in [6.45, 7) is 3.54. The molecule has 0 amide bonds. The van der Waals surface area contributed by atoms with Crippen LogP contribution in [0.1, 0.15) is 11.1 Å². The minimum atomic E-state index is -3.64. The van der Waals surface area contributed by atoms with E-state index in [9.17, 15) is 8.42 Å². The zero-order chi connectivity index (χ0) is 14.8. The zero-order valence-corrected chi connectivity index (χ0v) is 12.4. The molecule has 1 aromatic carbocycles. The quantitative estimate of drug-likeness (QED) is 0.940. The number of methoxy groups -OCH3 is 1. The maximum atomic E-state index is 12.4. The molecule has 1 aromatic heterocycles. The Balaban J connectivity index is 2.42.